The summed E-state index contributed by atoms with van der Waals surface area (Å²) in [6, 6.07) is 10.7. The molecule has 3 heterocycles. The fraction of sp³-hybridized carbons (Fsp3) is 0.568. The lowest BCUT2D eigenvalue weighted by atomic mass is 9.82. The van der Waals surface area contributed by atoms with E-state index in [9.17, 15) is 29.4 Å². The number of carbonyl (C=O) groups excluding carboxylic acids is 4. The van der Waals surface area contributed by atoms with Crippen molar-refractivity contribution in [2.24, 2.45) is 11.7 Å². The number of hydrogen-bond donors (Lipinski definition) is 6. The van der Waals surface area contributed by atoms with Crippen molar-refractivity contribution in [2.45, 2.75) is 107 Å². The van der Waals surface area contributed by atoms with Crippen LogP contribution in [0, 0.1) is 5.92 Å². The third-order valence-electron chi connectivity index (χ3n) is 11.0. The van der Waals surface area contributed by atoms with Crippen molar-refractivity contribution in [1.29, 1.82) is 0 Å². The van der Waals surface area contributed by atoms with Crippen LogP contribution in [0.3, 0.4) is 0 Å². The number of likely N-dealkylation sites (tertiary alicyclic amines) is 1. The molecular weight excluding hydrogens is 652 g/mol. The van der Waals surface area contributed by atoms with E-state index in [2.05, 4.69) is 26.3 Å². The molecule has 1 saturated carbocycles. The van der Waals surface area contributed by atoms with Crippen molar-refractivity contribution in [2.75, 3.05) is 19.6 Å². The van der Waals surface area contributed by atoms with E-state index in [1.54, 1.807) is 30.7 Å². The fourth-order valence-electron chi connectivity index (χ4n) is 8.13. The first-order valence-electron chi connectivity index (χ1n) is 18.1. The topological polar surface area (TPSA) is 205 Å². The Hall–Kier alpha value is -4.40. The van der Waals surface area contributed by atoms with Crippen molar-refractivity contribution in [3.63, 3.8) is 0 Å². The lowest BCUT2D eigenvalue weighted by molar-refractivity contribution is -0.143. The minimum atomic E-state index is -1.64. The number of piperidine rings is 1. The molecular formula is C37H50N8O6. The van der Waals surface area contributed by atoms with Crippen LogP contribution in [0.15, 0.2) is 48.7 Å². The first-order valence-corrected chi connectivity index (χ1v) is 18.1. The highest BCUT2D eigenvalue weighted by Gasteiger charge is 2.49. The van der Waals surface area contributed by atoms with Crippen LogP contribution in [0.2, 0.25) is 0 Å². The molecule has 1 aromatic heterocycles. The molecule has 0 bridgehead atoms. The smallest absolute Gasteiger partial charge is 0.251 e. The lowest BCUT2D eigenvalue weighted by Gasteiger charge is -2.42. The number of hydrogen-bond acceptors (Lipinski definition) is 9. The largest absolute Gasteiger partial charge is 0.384 e. The van der Waals surface area contributed by atoms with Gasteiger partial charge in [-0.1, -0.05) is 67.6 Å². The average Bonchev–Trinajstić information content (AvgIpc) is 3.80. The zero-order valence-electron chi connectivity index (χ0n) is 29.4. The molecule has 2 aromatic carbocycles. The van der Waals surface area contributed by atoms with E-state index in [4.69, 9.17) is 5.73 Å². The molecule has 3 fully saturated rings. The van der Waals surface area contributed by atoms with E-state index >= 15 is 0 Å². The van der Waals surface area contributed by atoms with Crippen molar-refractivity contribution >= 4 is 34.4 Å². The average molecular weight is 703 g/mol. The van der Waals surface area contributed by atoms with Gasteiger partial charge in [-0.15, -0.1) is 5.10 Å². The number of rotatable bonds is 11. The Labute approximate surface area is 297 Å². The monoisotopic (exact) mass is 702 g/mol. The summed E-state index contributed by atoms with van der Waals surface area (Å²) < 4.78 is 1.55. The first-order chi connectivity index (χ1) is 24.4. The molecule has 1 aliphatic carbocycles. The Balaban J connectivity index is 1.33. The second-order valence-corrected chi connectivity index (χ2v) is 15.0. The Morgan fingerprint density at radius 2 is 1.76 bits per heavy atom. The lowest BCUT2D eigenvalue weighted by Crippen LogP contribution is -2.66. The maximum Gasteiger partial charge on any atom is 0.251 e. The van der Waals surface area contributed by atoms with Crippen molar-refractivity contribution in [3.05, 3.63) is 59.9 Å². The van der Waals surface area contributed by atoms with E-state index in [1.165, 1.54) is 11.1 Å². The predicted molar refractivity (Wildman–Crippen MR) is 189 cm³/mol. The molecule has 3 aliphatic rings. The van der Waals surface area contributed by atoms with E-state index in [1.807, 2.05) is 30.3 Å². The third kappa shape index (κ3) is 7.92. The molecule has 0 radical (unpaired) electrons. The molecule has 274 valence electrons. The van der Waals surface area contributed by atoms with E-state index in [-0.39, 0.29) is 37.6 Å². The summed E-state index contributed by atoms with van der Waals surface area (Å²) >= 11 is 0. The van der Waals surface area contributed by atoms with Crippen LogP contribution in [0.25, 0.3) is 10.8 Å². The number of benzene rings is 2. The Bertz CT molecular complexity index is 1740. The predicted octanol–water partition coefficient (Wildman–Crippen LogP) is 1.65. The molecule has 2 saturated heterocycles. The van der Waals surface area contributed by atoms with Crippen molar-refractivity contribution < 1.29 is 29.4 Å². The zero-order valence-corrected chi connectivity index (χ0v) is 29.4. The number of aromatic nitrogens is 3. The van der Waals surface area contributed by atoms with Gasteiger partial charge < -0.3 is 36.8 Å². The van der Waals surface area contributed by atoms with Gasteiger partial charge in [0, 0.05) is 18.5 Å². The number of nitrogens with one attached hydrogen (secondary N) is 3. The second kappa shape index (κ2) is 15.1. The number of nitrogens with zero attached hydrogens (tertiary/aromatic N) is 4. The van der Waals surface area contributed by atoms with Gasteiger partial charge in [0.2, 0.25) is 17.7 Å². The van der Waals surface area contributed by atoms with Gasteiger partial charge in [-0.2, -0.15) is 0 Å². The number of carbonyl (C=O) groups is 4. The minimum absolute atomic E-state index is 0.0588. The molecule has 14 nitrogen and oxygen atoms in total. The first kappa shape index (κ1) is 36.4. The van der Waals surface area contributed by atoms with Gasteiger partial charge in [0.15, 0.2) is 6.10 Å². The molecule has 2 unspecified atom stereocenters. The highest BCUT2D eigenvalue weighted by molar-refractivity contribution is 6.01. The molecule has 3 aromatic rings. The quantitative estimate of drug-likeness (QED) is 0.172. The maximum atomic E-state index is 14.8. The van der Waals surface area contributed by atoms with Gasteiger partial charge in [0.1, 0.15) is 17.7 Å². The van der Waals surface area contributed by atoms with Gasteiger partial charge in [-0.3, -0.25) is 19.2 Å². The SMILES string of the molecule is CC(C)(O)c1cnnn1C1C[C@@H](C(=O)NC2(C(O)C(N)=O)CCNCC2)N(C(=O)[C@@H](CC2CCCCC2)NC(=O)c2ccc3ccccc3c2)C1. The van der Waals surface area contributed by atoms with E-state index in [0.29, 0.717) is 30.8 Å². The van der Waals surface area contributed by atoms with Crippen LogP contribution < -0.4 is 21.7 Å². The van der Waals surface area contributed by atoms with Crippen LogP contribution in [0.5, 0.6) is 0 Å². The van der Waals surface area contributed by atoms with Gasteiger partial charge in [0.25, 0.3) is 5.91 Å². The number of amides is 4. The van der Waals surface area contributed by atoms with Crippen LogP contribution in [0.1, 0.15) is 93.7 Å². The van der Waals surface area contributed by atoms with Gasteiger partial charge >= 0.3 is 0 Å². The molecule has 2 aliphatic heterocycles. The molecule has 51 heavy (non-hydrogen) atoms. The highest BCUT2D eigenvalue weighted by Crippen LogP contribution is 2.34. The highest BCUT2D eigenvalue weighted by atomic mass is 16.3. The Morgan fingerprint density at radius 1 is 1.06 bits per heavy atom. The van der Waals surface area contributed by atoms with Crippen LogP contribution >= 0.6 is 0 Å². The third-order valence-corrected chi connectivity index (χ3v) is 11.0. The van der Waals surface area contributed by atoms with Gasteiger partial charge in [-0.05, 0) is 75.0 Å². The molecule has 6 rings (SSSR count). The summed E-state index contributed by atoms with van der Waals surface area (Å²) in [7, 11) is 0. The summed E-state index contributed by atoms with van der Waals surface area (Å²) in [6.45, 7) is 4.17. The molecule has 14 heteroatoms. The summed E-state index contributed by atoms with van der Waals surface area (Å²) in [5.41, 5.74) is 3.77. The van der Waals surface area contributed by atoms with Gasteiger partial charge in [-0.25, -0.2) is 4.68 Å². The Morgan fingerprint density at radius 3 is 2.45 bits per heavy atom. The molecule has 7 N–H and O–H groups in total. The molecule has 0 spiro atoms. The van der Waals surface area contributed by atoms with Crippen LogP contribution in [-0.4, -0.2) is 97.1 Å². The van der Waals surface area contributed by atoms with Crippen molar-refractivity contribution in [3.8, 4) is 0 Å². The number of fused-ring (bicyclic) bond motifs is 1. The number of aliphatic hydroxyl groups excluding tert-OH is 1. The molecule has 4 amide bonds. The number of primary amides is 1. The fourth-order valence-corrected chi connectivity index (χ4v) is 8.13. The standard InChI is InChI=1S/C37H50N8O6/c1-36(2,51)30-21-40-43-45(30)27-20-29(34(49)42-37(31(46)32(38)47)14-16-39-17-15-37)44(22-27)35(50)28(18-23-8-4-3-5-9-23)41-33(48)26-13-12-24-10-6-7-11-25(24)19-26/h6-7,10-13,19,21,23,27-29,31,39,46,51H,3-5,8-9,14-18,20,22H2,1-2H3,(H2,38,47)(H,41,48)(H,42,49)/t27?,28-,29+,31?/m1/s1. The summed E-state index contributed by atoms with van der Waals surface area (Å²) in [4.78, 5) is 56.8. The minimum Gasteiger partial charge on any atom is -0.384 e. The molecule has 4 atom stereocenters. The van der Waals surface area contributed by atoms with E-state index in [0.717, 1.165) is 42.9 Å². The normalized spacial score (nSPS) is 22.3. The summed E-state index contributed by atoms with van der Waals surface area (Å²) in [5, 5.41) is 41.2. The second-order valence-electron chi connectivity index (χ2n) is 15.0. The summed E-state index contributed by atoms with van der Waals surface area (Å²) in [6.07, 6.45) is 5.99. The number of aliphatic hydroxyl groups is 2. The number of nitrogens with two attached hydrogens (primary N) is 1. The Kier molecular flexibility index (Phi) is 10.7. The van der Waals surface area contributed by atoms with Crippen molar-refractivity contribution in [1.82, 2.24) is 35.8 Å². The summed E-state index contributed by atoms with van der Waals surface area (Å²) in [5.74, 6) is -2.07. The zero-order chi connectivity index (χ0) is 36.3. The van der Waals surface area contributed by atoms with Gasteiger partial charge in [0.05, 0.1) is 23.5 Å². The van der Waals surface area contributed by atoms with E-state index < -0.39 is 53.1 Å². The van der Waals surface area contributed by atoms with Crippen LogP contribution in [0.4, 0.5) is 0 Å². The maximum absolute atomic E-state index is 14.8. The van der Waals surface area contributed by atoms with Crippen LogP contribution in [-0.2, 0) is 20.0 Å².